The van der Waals surface area contributed by atoms with Crippen molar-refractivity contribution in [1.82, 2.24) is 4.90 Å². The molecule has 136 valence electrons. The van der Waals surface area contributed by atoms with E-state index in [0.717, 1.165) is 31.9 Å². The zero-order chi connectivity index (χ0) is 18.5. The number of nitrogens with zero attached hydrogens (tertiary/aromatic N) is 2. The molecule has 0 bridgehead atoms. The largest absolute Gasteiger partial charge is 0.369 e. The minimum atomic E-state index is -0.763. The fourth-order valence-electron chi connectivity index (χ4n) is 2.75. The lowest BCUT2D eigenvalue weighted by atomic mass is 10.2. The summed E-state index contributed by atoms with van der Waals surface area (Å²) in [5.74, 6) is -1.50. The fraction of sp³-hybridized carbons (Fsp3) is 0.263. The summed E-state index contributed by atoms with van der Waals surface area (Å²) in [7, 11) is 2.11. The monoisotopic (exact) mass is 372 g/mol. The van der Waals surface area contributed by atoms with Gasteiger partial charge in [0.25, 0.3) is 0 Å². The fourth-order valence-corrected chi connectivity index (χ4v) is 2.93. The third-order valence-electron chi connectivity index (χ3n) is 4.32. The molecule has 1 aliphatic rings. The van der Waals surface area contributed by atoms with Crippen LogP contribution in [0.3, 0.4) is 0 Å². The van der Waals surface area contributed by atoms with Crippen LogP contribution in [0.5, 0.6) is 0 Å². The molecule has 2 aromatic rings. The molecule has 0 saturated carbocycles. The molecule has 0 unspecified atom stereocenters. The van der Waals surface area contributed by atoms with Crippen molar-refractivity contribution in [2.75, 3.05) is 48.8 Å². The van der Waals surface area contributed by atoms with Gasteiger partial charge in [-0.1, -0.05) is 23.7 Å². The number of amides is 2. The van der Waals surface area contributed by atoms with Crippen molar-refractivity contribution < 1.29 is 9.59 Å². The molecule has 26 heavy (non-hydrogen) atoms. The number of rotatable bonds is 3. The van der Waals surface area contributed by atoms with E-state index < -0.39 is 11.8 Å². The average Bonchev–Trinajstić information content (AvgIpc) is 2.65. The quantitative estimate of drug-likeness (QED) is 0.813. The van der Waals surface area contributed by atoms with Crippen LogP contribution in [0.4, 0.5) is 17.1 Å². The standard InChI is InChI=1S/C19H21ClN4O2/c1-23-10-12-24(13-11-23)15-8-6-14(7-9-15)21-18(25)19(26)22-17-5-3-2-4-16(17)20/h2-9H,10-13H2,1H3,(H,21,25)(H,22,26). The number of likely N-dealkylation sites (N-methyl/N-ethyl adjacent to an activating group) is 1. The second-order valence-corrected chi connectivity index (χ2v) is 6.63. The van der Waals surface area contributed by atoms with E-state index in [2.05, 4.69) is 27.5 Å². The topological polar surface area (TPSA) is 64.7 Å². The minimum Gasteiger partial charge on any atom is -0.369 e. The average molecular weight is 373 g/mol. The van der Waals surface area contributed by atoms with Crippen molar-refractivity contribution >= 4 is 40.5 Å². The lowest BCUT2D eigenvalue weighted by Crippen LogP contribution is -2.44. The first-order valence-electron chi connectivity index (χ1n) is 8.43. The number of halogens is 1. The Labute approximate surface area is 157 Å². The maximum absolute atomic E-state index is 12.1. The first-order chi connectivity index (χ1) is 12.5. The summed E-state index contributed by atoms with van der Waals surface area (Å²) in [6.07, 6.45) is 0. The second-order valence-electron chi connectivity index (χ2n) is 6.23. The third kappa shape index (κ3) is 4.53. The molecule has 2 aromatic carbocycles. The molecule has 0 spiro atoms. The van der Waals surface area contributed by atoms with Crippen molar-refractivity contribution in [2.45, 2.75) is 0 Å². The van der Waals surface area contributed by atoms with Gasteiger partial charge in [0.2, 0.25) is 0 Å². The Morgan fingerprint density at radius 3 is 2.15 bits per heavy atom. The molecular weight excluding hydrogens is 352 g/mol. The van der Waals surface area contributed by atoms with E-state index in [1.165, 1.54) is 0 Å². The number of para-hydroxylation sites is 1. The van der Waals surface area contributed by atoms with Gasteiger partial charge in [0.05, 0.1) is 10.7 Å². The maximum atomic E-state index is 12.1. The molecule has 0 atom stereocenters. The van der Waals surface area contributed by atoms with Crippen LogP contribution in [0.2, 0.25) is 5.02 Å². The van der Waals surface area contributed by atoms with Gasteiger partial charge in [-0.25, -0.2) is 0 Å². The second kappa shape index (κ2) is 8.21. The molecule has 7 heteroatoms. The van der Waals surface area contributed by atoms with E-state index in [4.69, 9.17) is 11.6 Å². The van der Waals surface area contributed by atoms with Crippen LogP contribution in [0.15, 0.2) is 48.5 Å². The number of benzene rings is 2. The van der Waals surface area contributed by atoms with E-state index in [-0.39, 0.29) is 0 Å². The number of nitrogens with one attached hydrogen (secondary N) is 2. The van der Waals surface area contributed by atoms with Crippen LogP contribution in [0.25, 0.3) is 0 Å². The van der Waals surface area contributed by atoms with Crippen molar-refractivity contribution in [3.05, 3.63) is 53.6 Å². The number of hydrogen-bond acceptors (Lipinski definition) is 4. The van der Waals surface area contributed by atoms with Crippen LogP contribution in [-0.2, 0) is 9.59 Å². The summed E-state index contributed by atoms with van der Waals surface area (Å²) in [5, 5.41) is 5.48. The van der Waals surface area contributed by atoms with Gasteiger partial charge >= 0.3 is 11.8 Å². The highest BCUT2D eigenvalue weighted by Gasteiger charge is 2.16. The van der Waals surface area contributed by atoms with E-state index >= 15 is 0 Å². The third-order valence-corrected chi connectivity index (χ3v) is 4.65. The Bertz CT molecular complexity index is 786. The molecule has 1 fully saturated rings. The summed E-state index contributed by atoms with van der Waals surface area (Å²) >= 11 is 5.98. The van der Waals surface area contributed by atoms with Crippen LogP contribution >= 0.6 is 11.6 Å². The predicted molar refractivity (Wildman–Crippen MR) is 105 cm³/mol. The molecule has 2 amide bonds. The molecule has 3 rings (SSSR count). The van der Waals surface area contributed by atoms with Gasteiger partial charge in [0, 0.05) is 37.6 Å². The molecule has 0 aliphatic carbocycles. The maximum Gasteiger partial charge on any atom is 0.314 e. The van der Waals surface area contributed by atoms with Crippen molar-refractivity contribution in [3.63, 3.8) is 0 Å². The number of hydrogen-bond donors (Lipinski definition) is 2. The van der Waals surface area contributed by atoms with E-state index in [9.17, 15) is 9.59 Å². The van der Waals surface area contributed by atoms with E-state index in [1.807, 2.05) is 12.1 Å². The van der Waals surface area contributed by atoms with Gasteiger partial charge < -0.3 is 20.4 Å². The van der Waals surface area contributed by atoms with Gasteiger partial charge in [0.15, 0.2) is 0 Å². The number of anilines is 3. The van der Waals surface area contributed by atoms with Gasteiger partial charge in [-0.3, -0.25) is 9.59 Å². The smallest absolute Gasteiger partial charge is 0.314 e. The summed E-state index contributed by atoms with van der Waals surface area (Å²) < 4.78 is 0. The molecule has 1 aliphatic heterocycles. The number of piperazine rings is 1. The Morgan fingerprint density at radius 1 is 0.885 bits per heavy atom. The Hall–Kier alpha value is -2.57. The van der Waals surface area contributed by atoms with Gasteiger partial charge in [0.1, 0.15) is 0 Å². The van der Waals surface area contributed by atoms with Gasteiger partial charge in [-0.05, 0) is 43.4 Å². The van der Waals surface area contributed by atoms with Crippen LogP contribution < -0.4 is 15.5 Å². The summed E-state index contributed by atoms with van der Waals surface area (Å²) in [4.78, 5) is 28.7. The van der Waals surface area contributed by atoms with Crippen molar-refractivity contribution in [1.29, 1.82) is 0 Å². The Morgan fingerprint density at radius 2 is 1.50 bits per heavy atom. The highest BCUT2D eigenvalue weighted by Crippen LogP contribution is 2.21. The zero-order valence-corrected chi connectivity index (χ0v) is 15.3. The molecule has 1 heterocycles. The highest BCUT2D eigenvalue weighted by atomic mass is 35.5. The predicted octanol–water partition coefficient (Wildman–Crippen LogP) is 2.67. The zero-order valence-electron chi connectivity index (χ0n) is 14.5. The van der Waals surface area contributed by atoms with Gasteiger partial charge in [-0.2, -0.15) is 0 Å². The van der Waals surface area contributed by atoms with Crippen LogP contribution in [0.1, 0.15) is 0 Å². The number of carbonyl (C=O) groups is 2. The molecule has 0 radical (unpaired) electrons. The lowest BCUT2D eigenvalue weighted by molar-refractivity contribution is -0.132. The lowest BCUT2D eigenvalue weighted by Gasteiger charge is -2.34. The summed E-state index contributed by atoms with van der Waals surface area (Å²) in [5.41, 5.74) is 2.08. The summed E-state index contributed by atoms with van der Waals surface area (Å²) in [6, 6.07) is 14.3. The molecule has 2 N–H and O–H groups in total. The SMILES string of the molecule is CN1CCN(c2ccc(NC(=O)C(=O)Nc3ccccc3Cl)cc2)CC1. The first kappa shape index (κ1) is 18.2. The van der Waals surface area contributed by atoms with Crippen LogP contribution in [0, 0.1) is 0 Å². The molecule has 6 nitrogen and oxygen atoms in total. The molecular formula is C19H21ClN4O2. The van der Waals surface area contributed by atoms with Gasteiger partial charge in [-0.15, -0.1) is 0 Å². The highest BCUT2D eigenvalue weighted by molar-refractivity contribution is 6.44. The molecule has 1 saturated heterocycles. The van der Waals surface area contributed by atoms with Crippen LogP contribution in [-0.4, -0.2) is 49.9 Å². The summed E-state index contributed by atoms with van der Waals surface area (Å²) in [6.45, 7) is 4.01. The Balaban J connectivity index is 1.57. The molecule has 0 aromatic heterocycles. The van der Waals surface area contributed by atoms with E-state index in [0.29, 0.717) is 16.4 Å². The Kier molecular flexibility index (Phi) is 5.75. The first-order valence-corrected chi connectivity index (χ1v) is 8.81. The van der Waals surface area contributed by atoms with Crippen molar-refractivity contribution in [3.8, 4) is 0 Å². The number of carbonyl (C=O) groups excluding carboxylic acids is 2. The minimum absolute atomic E-state index is 0.380. The normalized spacial score (nSPS) is 14.8. The van der Waals surface area contributed by atoms with Crippen molar-refractivity contribution in [2.24, 2.45) is 0 Å². The van der Waals surface area contributed by atoms with E-state index in [1.54, 1.807) is 36.4 Å².